The highest BCUT2D eigenvalue weighted by Crippen LogP contribution is 2.20. The third-order valence-corrected chi connectivity index (χ3v) is 6.09. The van der Waals surface area contributed by atoms with Gasteiger partial charge in [-0.15, -0.1) is 0 Å². The summed E-state index contributed by atoms with van der Waals surface area (Å²) >= 11 is 0. The molecule has 6 nitrogen and oxygen atoms in total. The van der Waals surface area contributed by atoms with E-state index in [9.17, 15) is 17.2 Å². The highest BCUT2D eigenvalue weighted by molar-refractivity contribution is 7.89. The van der Waals surface area contributed by atoms with Crippen molar-refractivity contribution in [3.05, 3.63) is 47.8 Å². The zero-order valence-corrected chi connectivity index (χ0v) is 14.7. The van der Waals surface area contributed by atoms with Gasteiger partial charge in [0.25, 0.3) is 0 Å². The van der Waals surface area contributed by atoms with Gasteiger partial charge in [0, 0.05) is 32.7 Å². The molecular weight excluding hydrogens is 350 g/mol. The number of alkyl halides is 2. The van der Waals surface area contributed by atoms with Gasteiger partial charge in [0.2, 0.25) is 10.0 Å². The van der Waals surface area contributed by atoms with Gasteiger partial charge < -0.3 is 0 Å². The zero-order valence-electron chi connectivity index (χ0n) is 13.8. The molecule has 0 atom stereocenters. The van der Waals surface area contributed by atoms with Crippen molar-refractivity contribution in [2.45, 2.75) is 24.9 Å². The molecule has 3 rings (SSSR count). The van der Waals surface area contributed by atoms with E-state index >= 15 is 0 Å². The van der Waals surface area contributed by atoms with Crippen molar-refractivity contribution < 1.29 is 17.2 Å². The number of halogens is 2. The topological polar surface area (TPSA) is 58.4 Å². The molecule has 1 aliphatic heterocycles. The van der Waals surface area contributed by atoms with Gasteiger partial charge in [-0.2, -0.15) is 18.2 Å². The monoisotopic (exact) mass is 370 g/mol. The van der Waals surface area contributed by atoms with Gasteiger partial charge >= 0.3 is 6.55 Å². The van der Waals surface area contributed by atoms with Gasteiger partial charge in [0.05, 0.1) is 12.4 Å². The Bertz CT molecular complexity index is 830. The van der Waals surface area contributed by atoms with Gasteiger partial charge in [-0.1, -0.05) is 29.8 Å². The molecule has 0 spiro atoms. The highest BCUT2D eigenvalue weighted by atomic mass is 32.2. The van der Waals surface area contributed by atoms with E-state index in [0.717, 1.165) is 18.9 Å². The maximum atomic E-state index is 12.6. The third-order valence-electron chi connectivity index (χ3n) is 4.24. The molecule has 1 aromatic carbocycles. The van der Waals surface area contributed by atoms with Crippen LogP contribution in [-0.2, 0) is 16.6 Å². The summed E-state index contributed by atoms with van der Waals surface area (Å²) < 4.78 is 51.9. The quantitative estimate of drug-likeness (QED) is 0.809. The molecular formula is C16H20F2N4O2S. The van der Waals surface area contributed by atoms with Crippen LogP contribution in [0.3, 0.4) is 0 Å². The van der Waals surface area contributed by atoms with Crippen LogP contribution in [0, 0.1) is 6.92 Å². The van der Waals surface area contributed by atoms with E-state index in [2.05, 4.69) is 22.1 Å². The Morgan fingerprint density at radius 3 is 2.52 bits per heavy atom. The highest BCUT2D eigenvalue weighted by Gasteiger charge is 2.30. The maximum absolute atomic E-state index is 12.6. The number of benzene rings is 1. The molecule has 0 radical (unpaired) electrons. The fourth-order valence-corrected chi connectivity index (χ4v) is 4.27. The first-order valence-electron chi connectivity index (χ1n) is 7.96. The number of nitrogens with zero attached hydrogens (tertiary/aromatic N) is 4. The predicted molar refractivity (Wildman–Crippen MR) is 88.7 cm³/mol. The number of aromatic nitrogens is 2. The van der Waals surface area contributed by atoms with Crippen LogP contribution >= 0.6 is 0 Å². The SMILES string of the molecule is Cc1cccc(CN2CCN(S(=O)(=O)c3cnn(C(F)F)c3)CC2)c1. The lowest BCUT2D eigenvalue weighted by atomic mass is 10.1. The van der Waals surface area contributed by atoms with Gasteiger partial charge in [0.1, 0.15) is 4.90 Å². The third kappa shape index (κ3) is 4.05. The lowest BCUT2D eigenvalue weighted by Crippen LogP contribution is -2.48. The molecule has 0 amide bonds. The second kappa shape index (κ2) is 7.19. The van der Waals surface area contributed by atoms with E-state index in [-0.39, 0.29) is 4.90 Å². The minimum absolute atomic E-state index is 0.195. The summed E-state index contributed by atoms with van der Waals surface area (Å²) in [5.41, 5.74) is 2.38. The molecule has 2 aromatic rings. The Kier molecular flexibility index (Phi) is 5.16. The number of hydrogen-bond acceptors (Lipinski definition) is 4. The first kappa shape index (κ1) is 18.0. The summed E-state index contributed by atoms with van der Waals surface area (Å²) in [6.07, 6.45) is 1.85. The lowest BCUT2D eigenvalue weighted by Gasteiger charge is -2.33. The number of aryl methyl sites for hydroxylation is 1. The van der Waals surface area contributed by atoms with Crippen LogP contribution in [0.2, 0.25) is 0 Å². The maximum Gasteiger partial charge on any atom is 0.333 e. The van der Waals surface area contributed by atoms with Crippen LogP contribution in [0.1, 0.15) is 17.7 Å². The molecule has 9 heteroatoms. The van der Waals surface area contributed by atoms with Gasteiger partial charge in [0.15, 0.2) is 0 Å². The Balaban J connectivity index is 1.62. The predicted octanol–water partition coefficient (Wildman–Crippen LogP) is 2.09. The first-order chi connectivity index (χ1) is 11.9. The normalized spacial score (nSPS) is 17.3. The van der Waals surface area contributed by atoms with Crippen LogP contribution < -0.4 is 0 Å². The van der Waals surface area contributed by atoms with Crippen molar-refractivity contribution in [1.29, 1.82) is 0 Å². The van der Waals surface area contributed by atoms with Crippen LogP contribution in [0.15, 0.2) is 41.6 Å². The molecule has 0 N–H and O–H groups in total. The van der Waals surface area contributed by atoms with Crippen molar-refractivity contribution in [3.8, 4) is 0 Å². The van der Waals surface area contributed by atoms with Gasteiger partial charge in [-0.25, -0.2) is 13.1 Å². The van der Waals surface area contributed by atoms with Gasteiger partial charge in [-0.05, 0) is 12.5 Å². The fourth-order valence-electron chi connectivity index (χ4n) is 2.91. The molecule has 0 saturated carbocycles. The summed E-state index contributed by atoms with van der Waals surface area (Å²) in [6.45, 7) is 1.79. The second-order valence-electron chi connectivity index (χ2n) is 6.10. The molecule has 1 aromatic heterocycles. The molecule has 2 heterocycles. The van der Waals surface area contributed by atoms with E-state index in [1.165, 1.54) is 15.4 Å². The summed E-state index contributed by atoms with van der Waals surface area (Å²) in [5.74, 6) is 0. The molecule has 136 valence electrons. The molecule has 1 saturated heterocycles. The van der Waals surface area contributed by atoms with Crippen molar-refractivity contribution in [2.24, 2.45) is 0 Å². The molecule has 0 unspecified atom stereocenters. The standard InChI is InChI=1S/C16H20F2N4O2S/c1-13-3-2-4-14(9-13)11-20-5-7-21(8-6-20)25(23,24)15-10-19-22(12-15)16(17)18/h2-4,9-10,12,16H,5-8,11H2,1H3. The van der Waals surface area contributed by atoms with Crippen molar-refractivity contribution >= 4 is 10.0 Å². The lowest BCUT2D eigenvalue weighted by molar-refractivity contribution is 0.0563. The summed E-state index contributed by atoms with van der Waals surface area (Å²) in [5, 5.41) is 3.41. The van der Waals surface area contributed by atoms with Crippen LogP contribution in [0.4, 0.5) is 8.78 Å². The van der Waals surface area contributed by atoms with E-state index < -0.39 is 16.6 Å². The number of rotatable bonds is 5. The first-order valence-corrected chi connectivity index (χ1v) is 9.40. The summed E-state index contributed by atoms with van der Waals surface area (Å²) in [6, 6.07) is 8.20. The number of hydrogen-bond donors (Lipinski definition) is 0. The average molecular weight is 370 g/mol. The minimum Gasteiger partial charge on any atom is -0.296 e. The fraction of sp³-hybridized carbons (Fsp3) is 0.438. The van der Waals surface area contributed by atoms with E-state index in [1.807, 2.05) is 19.1 Å². The van der Waals surface area contributed by atoms with Crippen LogP contribution in [0.25, 0.3) is 0 Å². The van der Waals surface area contributed by atoms with Crippen LogP contribution in [0.5, 0.6) is 0 Å². The largest absolute Gasteiger partial charge is 0.333 e. The molecule has 0 aliphatic carbocycles. The van der Waals surface area contributed by atoms with Crippen molar-refractivity contribution in [1.82, 2.24) is 19.0 Å². The Hall–Kier alpha value is -1.84. The number of sulfonamides is 1. The van der Waals surface area contributed by atoms with Gasteiger partial charge in [-0.3, -0.25) is 4.90 Å². The Labute approximate surface area is 145 Å². The molecule has 0 bridgehead atoms. The Morgan fingerprint density at radius 1 is 1.20 bits per heavy atom. The molecule has 25 heavy (non-hydrogen) atoms. The zero-order chi connectivity index (χ0) is 18.0. The second-order valence-corrected chi connectivity index (χ2v) is 8.04. The average Bonchev–Trinajstić information content (AvgIpc) is 3.06. The smallest absolute Gasteiger partial charge is 0.296 e. The Morgan fingerprint density at radius 2 is 1.92 bits per heavy atom. The van der Waals surface area contributed by atoms with E-state index in [1.54, 1.807) is 0 Å². The summed E-state index contributed by atoms with van der Waals surface area (Å²) in [4.78, 5) is 1.99. The summed E-state index contributed by atoms with van der Waals surface area (Å²) in [7, 11) is -3.79. The van der Waals surface area contributed by atoms with Crippen molar-refractivity contribution in [3.63, 3.8) is 0 Å². The van der Waals surface area contributed by atoms with Crippen LogP contribution in [-0.4, -0.2) is 53.6 Å². The van der Waals surface area contributed by atoms with Crippen molar-refractivity contribution in [2.75, 3.05) is 26.2 Å². The van der Waals surface area contributed by atoms with E-state index in [0.29, 0.717) is 30.9 Å². The van der Waals surface area contributed by atoms with E-state index in [4.69, 9.17) is 0 Å². The minimum atomic E-state index is -3.79. The number of piperazine rings is 1. The molecule has 1 fully saturated rings. The molecule has 1 aliphatic rings.